The van der Waals surface area contributed by atoms with E-state index in [2.05, 4.69) is 179 Å². The van der Waals surface area contributed by atoms with Crippen LogP contribution in [-0.4, -0.2) is 37.2 Å². The fraction of sp³-hybridized carbons (Fsp3) is 0.597. The topological polar surface area (TPSA) is 78.9 Å². The smallest absolute Gasteiger partial charge is 0.306 e. The third kappa shape index (κ3) is 61.9. The standard InChI is InChI=1S/C72H114O6/c1-4-7-10-13-16-19-22-25-28-31-32-33-34-35-36-37-38-39-40-42-44-47-50-53-56-59-62-65-71(74)77-68-69(67-76-70(73)64-61-58-55-52-49-46-43-30-27-24-21-18-15-12-9-6-3)78-72(75)66-63-60-57-54-51-48-45-41-29-26-23-20-17-14-11-8-5-2/h7-8,10-11,16-17,19-20,25-26,28-30,32-33,35-36,38-39,42-45,48,50,53,69H,4-6,9,12-15,18,21-24,27,31,34,37,40-41,46-47,49,51-52,54-68H2,1-3H3/b10-7-,11-8-,19-16-,20-17-,28-25-,29-26-,33-32-,36-35-,39-38-,43-30-,44-42-,48-45-,53-50-. The number of carbonyl (C=O) groups is 3. The number of allylic oxidation sites excluding steroid dienone is 26. The van der Waals surface area contributed by atoms with Gasteiger partial charge in [0.2, 0.25) is 0 Å². The summed E-state index contributed by atoms with van der Waals surface area (Å²) in [7, 11) is 0. The van der Waals surface area contributed by atoms with Gasteiger partial charge < -0.3 is 14.2 Å². The molecule has 438 valence electrons. The van der Waals surface area contributed by atoms with Crippen molar-refractivity contribution in [1.82, 2.24) is 0 Å². The molecule has 0 aliphatic heterocycles. The van der Waals surface area contributed by atoms with Gasteiger partial charge in [-0.1, -0.05) is 249 Å². The van der Waals surface area contributed by atoms with Gasteiger partial charge in [0.05, 0.1) is 0 Å². The van der Waals surface area contributed by atoms with Crippen LogP contribution in [0.15, 0.2) is 158 Å². The zero-order valence-electron chi connectivity index (χ0n) is 50.1. The first-order valence-electron chi connectivity index (χ1n) is 31.5. The maximum absolute atomic E-state index is 12.9. The van der Waals surface area contributed by atoms with Gasteiger partial charge >= 0.3 is 17.9 Å². The summed E-state index contributed by atoms with van der Waals surface area (Å²) < 4.78 is 16.8. The minimum absolute atomic E-state index is 0.113. The summed E-state index contributed by atoms with van der Waals surface area (Å²) in [5.41, 5.74) is 0. The average Bonchev–Trinajstić information content (AvgIpc) is 3.44. The summed E-state index contributed by atoms with van der Waals surface area (Å²) in [6.07, 6.45) is 93.8. The molecule has 0 radical (unpaired) electrons. The summed E-state index contributed by atoms with van der Waals surface area (Å²) >= 11 is 0. The molecular formula is C72H114O6. The number of hydrogen-bond donors (Lipinski definition) is 0. The fourth-order valence-electron chi connectivity index (χ4n) is 8.09. The van der Waals surface area contributed by atoms with Gasteiger partial charge in [-0.2, -0.15) is 0 Å². The lowest BCUT2D eigenvalue weighted by Gasteiger charge is -2.18. The third-order valence-corrected chi connectivity index (χ3v) is 12.7. The first kappa shape index (κ1) is 73.0. The molecule has 0 amide bonds. The first-order valence-corrected chi connectivity index (χ1v) is 31.5. The maximum atomic E-state index is 12.9. The monoisotopic (exact) mass is 1070 g/mol. The molecule has 1 atom stereocenters. The van der Waals surface area contributed by atoms with Crippen LogP contribution < -0.4 is 0 Å². The van der Waals surface area contributed by atoms with Crippen molar-refractivity contribution in [1.29, 1.82) is 0 Å². The molecule has 0 spiro atoms. The number of hydrogen-bond acceptors (Lipinski definition) is 6. The molecule has 0 saturated heterocycles. The lowest BCUT2D eigenvalue weighted by atomic mass is 10.1. The van der Waals surface area contributed by atoms with Crippen molar-refractivity contribution in [3.8, 4) is 0 Å². The zero-order valence-corrected chi connectivity index (χ0v) is 50.1. The second kappa shape index (κ2) is 64.6. The zero-order chi connectivity index (χ0) is 56.4. The number of ether oxygens (including phenoxy) is 3. The van der Waals surface area contributed by atoms with Crippen molar-refractivity contribution in [2.45, 2.75) is 264 Å². The van der Waals surface area contributed by atoms with Gasteiger partial charge in [-0.15, -0.1) is 0 Å². The third-order valence-electron chi connectivity index (χ3n) is 12.7. The largest absolute Gasteiger partial charge is 0.462 e. The van der Waals surface area contributed by atoms with Crippen LogP contribution in [0.25, 0.3) is 0 Å². The predicted molar refractivity (Wildman–Crippen MR) is 338 cm³/mol. The Labute approximate surface area is 480 Å². The van der Waals surface area contributed by atoms with Gasteiger partial charge in [0.15, 0.2) is 6.10 Å². The Balaban J connectivity index is 4.52. The molecule has 0 aromatic heterocycles. The Morgan fingerprint density at radius 2 is 0.500 bits per heavy atom. The van der Waals surface area contributed by atoms with Crippen LogP contribution in [0.4, 0.5) is 0 Å². The fourth-order valence-corrected chi connectivity index (χ4v) is 8.09. The Morgan fingerprint density at radius 1 is 0.269 bits per heavy atom. The minimum atomic E-state index is -0.822. The first-order chi connectivity index (χ1) is 38.5. The van der Waals surface area contributed by atoms with Gasteiger partial charge in [-0.25, -0.2) is 0 Å². The van der Waals surface area contributed by atoms with Gasteiger partial charge in [0, 0.05) is 19.3 Å². The number of carbonyl (C=O) groups excluding carboxylic acids is 3. The molecule has 1 unspecified atom stereocenters. The highest BCUT2D eigenvalue weighted by Gasteiger charge is 2.19. The van der Waals surface area contributed by atoms with E-state index in [1.54, 1.807) is 0 Å². The molecule has 0 heterocycles. The second-order valence-corrected chi connectivity index (χ2v) is 20.2. The van der Waals surface area contributed by atoms with E-state index in [9.17, 15) is 14.4 Å². The molecule has 0 aliphatic rings. The number of rotatable bonds is 55. The van der Waals surface area contributed by atoms with Crippen molar-refractivity contribution >= 4 is 17.9 Å². The maximum Gasteiger partial charge on any atom is 0.306 e. The Kier molecular flexibility index (Phi) is 60.4. The molecule has 0 aromatic rings. The van der Waals surface area contributed by atoms with Crippen LogP contribution in [-0.2, 0) is 28.6 Å². The molecule has 6 nitrogen and oxygen atoms in total. The van der Waals surface area contributed by atoms with E-state index < -0.39 is 6.10 Å². The van der Waals surface area contributed by atoms with E-state index in [4.69, 9.17) is 14.2 Å². The van der Waals surface area contributed by atoms with E-state index in [1.165, 1.54) is 57.8 Å². The van der Waals surface area contributed by atoms with Crippen molar-refractivity contribution < 1.29 is 28.6 Å². The van der Waals surface area contributed by atoms with E-state index >= 15 is 0 Å². The summed E-state index contributed by atoms with van der Waals surface area (Å²) in [5, 5.41) is 0. The van der Waals surface area contributed by atoms with E-state index in [0.717, 1.165) is 154 Å². The molecule has 78 heavy (non-hydrogen) atoms. The highest BCUT2D eigenvalue weighted by atomic mass is 16.6. The van der Waals surface area contributed by atoms with Crippen molar-refractivity contribution in [3.05, 3.63) is 158 Å². The Bertz CT molecular complexity index is 1760. The highest BCUT2D eigenvalue weighted by molar-refractivity contribution is 5.71. The second-order valence-electron chi connectivity index (χ2n) is 20.2. The van der Waals surface area contributed by atoms with Crippen LogP contribution in [0.5, 0.6) is 0 Å². The molecule has 0 rings (SSSR count). The van der Waals surface area contributed by atoms with Crippen LogP contribution in [0, 0.1) is 0 Å². The van der Waals surface area contributed by atoms with Crippen LogP contribution in [0.2, 0.25) is 0 Å². The molecule has 0 aromatic carbocycles. The summed E-state index contributed by atoms with van der Waals surface area (Å²) in [6, 6.07) is 0. The number of esters is 3. The SMILES string of the molecule is CC/C=C\C/C=C\C/C=C\C/C=C\C/C=C\C/C=C\C/C=C\C/C=C\CCCCC(=O)OCC(COC(=O)CCCCCCC/C=C\CCCCCCCCC)OC(=O)CCCCCC/C=C\C/C=C\C/C=C\C/C=C\CC. The molecule has 0 saturated carbocycles. The van der Waals surface area contributed by atoms with E-state index in [-0.39, 0.29) is 44.0 Å². The molecule has 6 heteroatoms. The van der Waals surface area contributed by atoms with Crippen molar-refractivity contribution in [2.75, 3.05) is 13.2 Å². The van der Waals surface area contributed by atoms with Gasteiger partial charge in [-0.05, 0) is 148 Å². The van der Waals surface area contributed by atoms with E-state index in [1.807, 2.05) is 0 Å². The normalized spacial score (nSPS) is 13.2. The quantitative estimate of drug-likeness (QED) is 0.0261. The molecular weight excluding hydrogens is 961 g/mol. The molecule has 0 fully saturated rings. The van der Waals surface area contributed by atoms with Crippen molar-refractivity contribution in [2.24, 2.45) is 0 Å². The average molecular weight is 1080 g/mol. The molecule has 0 aliphatic carbocycles. The summed E-state index contributed by atoms with van der Waals surface area (Å²) in [6.45, 7) is 6.34. The Morgan fingerprint density at radius 3 is 0.821 bits per heavy atom. The minimum Gasteiger partial charge on any atom is -0.462 e. The lowest BCUT2D eigenvalue weighted by molar-refractivity contribution is -0.167. The van der Waals surface area contributed by atoms with Crippen molar-refractivity contribution in [3.63, 3.8) is 0 Å². The van der Waals surface area contributed by atoms with Crippen LogP contribution in [0.3, 0.4) is 0 Å². The van der Waals surface area contributed by atoms with Gasteiger partial charge in [0.25, 0.3) is 0 Å². The number of unbranched alkanes of at least 4 members (excludes halogenated alkanes) is 18. The summed E-state index contributed by atoms with van der Waals surface area (Å²) in [5.74, 6) is -0.994. The Hall–Kier alpha value is -4.97. The van der Waals surface area contributed by atoms with E-state index in [0.29, 0.717) is 12.8 Å². The lowest BCUT2D eigenvalue weighted by Crippen LogP contribution is -2.30. The molecule has 0 bridgehead atoms. The van der Waals surface area contributed by atoms with Gasteiger partial charge in [0.1, 0.15) is 13.2 Å². The van der Waals surface area contributed by atoms with Crippen LogP contribution in [0.1, 0.15) is 258 Å². The highest BCUT2D eigenvalue weighted by Crippen LogP contribution is 2.13. The van der Waals surface area contributed by atoms with Crippen LogP contribution >= 0.6 is 0 Å². The summed E-state index contributed by atoms with van der Waals surface area (Å²) in [4.78, 5) is 38.3. The molecule has 0 N–H and O–H groups in total. The van der Waals surface area contributed by atoms with Gasteiger partial charge in [-0.3, -0.25) is 14.4 Å². The predicted octanol–water partition coefficient (Wildman–Crippen LogP) is 21.7.